The molecule has 0 spiro atoms. The molecule has 0 N–H and O–H groups in total. The number of benzene rings is 2. The molecule has 0 saturated heterocycles. The average molecular weight is 507 g/mol. The van der Waals surface area contributed by atoms with Crippen LogP contribution in [-0.2, 0) is 17.9 Å². The summed E-state index contributed by atoms with van der Waals surface area (Å²) < 4.78 is 13.3. The van der Waals surface area contributed by atoms with Gasteiger partial charge in [-0.3, -0.25) is 9.59 Å². The maximum atomic E-state index is 13.4. The fourth-order valence-corrected chi connectivity index (χ4v) is 4.39. The van der Waals surface area contributed by atoms with Crippen molar-refractivity contribution in [3.63, 3.8) is 0 Å². The van der Waals surface area contributed by atoms with Crippen LogP contribution in [0.25, 0.3) is 0 Å². The molecule has 3 aromatic rings. The van der Waals surface area contributed by atoms with Crippen molar-refractivity contribution in [2.24, 2.45) is 5.92 Å². The van der Waals surface area contributed by atoms with E-state index in [1.807, 2.05) is 31.4 Å². The Labute approximate surface area is 207 Å². The van der Waals surface area contributed by atoms with E-state index < -0.39 is 0 Å². The van der Waals surface area contributed by atoms with Crippen molar-refractivity contribution in [1.82, 2.24) is 9.80 Å². The minimum absolute atomic E-state index is 0.0795. The van der Waals surface area contributed by atoms with Crippen molar-refractivity contribution in [3.8, 4) is 0 Å². The monoisotopic (exact) mass is 506 g/mol. The highest BCUT2D eigenvalue weighted by Gasteiger charge is 2.24. The first-order valence-corrected chi connectivity index (χ1v) is 12.2. The molecule has 0 atom stereocenters. The Hall–Kier alpha value is -2.41. The van der Waals surface area contributed by atoms with Crippen LogP contribution in [-0.4, -0.2) is 34.7 Å². The molecule has 33 heavy (non-hydrogen) atoms. The highest BCUT2D eigenvalue weighted by molar-refractivity contribution is 7.09. The van der Waals surface area contributed by atoms with Crippen LogP contribution < -0.4 is 0 Å². The van der Waals surface area contributed by atoms with E-state index in [1.54, 1.807) is 45.4 Å². The van der Waals surface area contributed by atoms with Gasteiger partial charge < -0.3 is 9.80 Å². The number of hydrogen-bond donors (Lipinski definition) is 0. The summed E-state index contributed by atoms with van der Waals surface area (Å²) in [5.74, 6) is -0.646. The molecule has 0 saturated carbocycles. The van der Waals surface area contributed by atoms with E-state index in [0.717, 1.165) is 10.4 Å². The normalized spacial score (nSPS) is 11.0. The Kier molecular flexibility index (Phi) is 8.89. The SMILES string of the molecule is CC(C)CN(CC(=O)N(Cc1ccc(F)cc1)Cc1cccs1)C(=O)c1ccc(Cl)c(Cl)c1. The van der Waals surface area contributed by atoms with Crippen molar-refractivity contribution >= 4 is 46.4 Å². The molecule has 0 fully saturated rings. The summed E-state index contributed by atoms with van der Waals surface area (Å²) in [6.45, 7) is 5.03. The van der Waals surface area contributed by atoms with Gasteiger partial charge in [-0.15, -0.1) is 11.3 Å². The number of halogens is 3. The second kappa shape index (κ2) is 11.6. The van der Waals surface area contributed by atoms with Crippen LogP contribution in [0.3, 0.4) is 0 Å². The van der Waals surface area contributed by atoms with Crippen LogP contribution in [0.15, 0.2) is 60.0 Å². The van der Waals surface area contributed by atoms with Crippen molar-refractivity contribution < 1.29 is 14.0 Å². The van der Waals surface area contributed by atoms with Crippen LogP contribution in [0.1, 0.15) is 34.6 Å². The fraction of sp³-hybridized carbons (Fsp3) is 0.280. The minimum Gasteiger partial charge on any atom is -0.332 e. The summed E-state index contributed by atoms with van der Waals surface area (Å²) in [7, 11) is 0. The molecule has 0 aliphatic rings. The van der Waals surface area contributed by atoms with Gasteiger partial charge in [0.15, 0.2) is 0 Å². The molecule has 2 amide bonds. The van der Waals surface area contributed by atoms with Crippen molar-refractivity contribution in [2.75, 3.05) is 13.1 Å². The Morgan fingerprint density at radius 3 is 2.30 bits per heavy atom. The molecule has 4 nitrogen and oxygen atoms in total. The van der Waals surface area contributed by atoms with Gasteiger partial charge in [0.05, 0.1) is 16.6 Å². The third kappa shape index (κ3) is 7.29. The van der Waals surface area contributed by atoms with Crippen molar-refractivity contribution in [2.45, 2.75) is 26.9 Å². The summed E-state index contributed by atoms with van der Waals surface area (Å²) >= 11 is 13.6. The predicted octanol–water partition coefficient (Wildman–Crippen LogP) is 6.52. The summed E-state index contributed by atoms with van der Waals surface area (Å²) in [6, 6.07) is 14.7. The van der Waals surface area contributed by atoms with E-state index in [-0.39, 0.29) is 35.1 Å². The Morgan fingerprint density at radius 1 is 0.970 bits per heavy atom. The Bertz CT molecular complexity index is 1090. The molecule has 0 radical (unpaired) electrons. The van der Waals surface area contributed by atoms with Crippen LogP contribution in [0, 0.1) is 11.7 Å². The van der Waals surface area contributed by atoms with Crippen LogP contribution in [0.5, 0.6) is 0 Å². The molecular formula is C25H25Cl2FN2O2S. The maximum absolute atomic E-state index is 13.4. The summed E-state index contributed by atoms with van der Waals surface area (Å²) in [5, 5.41) is 2.60. The van der Waals surface area contributed by atoms with E-state index in [2.05, 4.69) is 0 Å². The summed E-state index contributed by atoms with van der Waals surface area (Å²) in [6.07, 6.45) is 0. The number of rotatable bonds is 9. The van der Waals surface area contributed by atoms with E-state index in [1.165, 1.54) is 18.2 Å². The Balaban J connectivity index is 1.82. The lowest BCUT2D eigenvalue weighted by molar-refractivity contribution is -0.133. The first kappa shape index (κ1) is 25.2. The van der Waals surface area contributed by atoms with Gasteiger partial charge in [-0.1, -0.05) is 55.2 Å². The second-order valence-electron chi connectivity index (χ2n) is 8.16. The standard InChI is InChI=1S/C25H25Cl2FN2O2S/c1-17(2)13-30(25(32)19-7-10-22(26)23(27)12-19)16-24(31)29(15-21-4-3-11-33-21)14-18-5-8-20(28)9-6-18/h3-12,17H,13-16H2,1-2H3. The van der Waals surface area contributed by atoms with Gasteiger partial charge in [0.25, 0.3) is 5.91 Å². The number of amides is 2. The lowest BCUT2D eigenvalue weighted by Crippen LogP contribution is -2.43. The van der Waals surface area contributed by atoms with Gasteiger partial charge in [0, 0.05) is 23.5 Å². The number of carbonyl (C=O) groups is 2. The second-order valence-corrected chi connectivity index (χ2v) is 10.0. The first-order valence-electron chi connectivity index (χ1n) is 10.5. The number of nitrogens with zero attached hydrogens (tertiary/aromatic N) is 2. The van der Waals surface area contributed by atoms with Crippen molar-refractivity contribution in [3.05, 3.63) is 91.8 Å². The molecule has 0 aliphatic carbocycles. The molecule has 8 heteroatoms. The molecule has 0 bridgehead atoms. The third-order valence-electron chi connectivity index (χ3n) is 4.93. The number of carbonyl (C=O) groups excluding carboxylic acids is 2. The first-order chi connectivity index (χ1) is 15.7. The fourth-order valence-electron chi connectivity index (χ4n) is 3.37. The molecule has 1 aromatic heterocycles. The zero-order chi connectivity index (χ0) is 24.0. The predicted molar refractivity (Wildman–Crippen MR) is 132 cm³/mol. The topological polar surface area (TPSA) is 40.6 Å². The molecule has 1 heterocycles. The van der Waals surface area contributed by atoms with E-state index in [4.69, 9.17) is 23.2 Å². The number of hydrogen-bond acceptors (Lipinski definition) is 3. The minimum atomic E-state index is -0.329. The van der Waals surface area contributed by atoms with E-state index >= 15 is 0 Å². The maximum Gasteiger partial charge on any atom is 0.254 e. The lowest BCUT2D eigenvalue weighted by atomic mass is 10.1. The average Bonchev–Trinajstić information content (AvgIpc) is 3.28. The molecular weight excluding hydrogens is 482 g/mol. The molecule has 174 valence electrons. The number of thiophene rings is 1. The Morgan fingerprint density at radius 2 is 1.70 bits per heavy atom. The van der Waals surface area contributed by atoms with Gasteiger partial charge in [0.2, 0.25) is 5.91 Å². The lowest BCUT2D eigenvalue weighted by Gasteiger charge is -2.29. The van der Waals surface area contributed by atoms with Crippen LogP contribution in [0.4, 0.5) is 4.39 Å². The molecule has 3 rings (SSSR count). The smallest absolute Gasteiger partial charge is 0.254 e. The van der Waals surface area contributed by atoms with Gasteiger partial charge in [-0.05, 0) is 53.3 Å². The zero-order valence-electron chi connectivity index (χ0n) is 18.4. The highest BCUT2D eigenvalue weighted by atomic mass is 35.5. The van der Waals surface area contributed by atoms with E-state index in [0.29, 0.717) is 30.2 Å². The van der Waals surface area contributed by atoms with E-state index in [9.17, 15) is 14.0 Å². The summed E-state index contributed by atoms with van der Waals surface area (Å²) in [5.41, 5.74) is 1.19. The summed E-state index contributed by atoms with van der Waals surface area (Å²) in [4.78, 5) is 30.9. The van der Waals surface area contributed by atoms with Gasteiger partial charge in [-0.2, -0.15) is 0 Å². The van der Waals surface area contributed by atoms with Gasteiger partial charge in [0.1, 0.15) is 12.4 Å². The highest BCUT2D eigenvalue weighted by Crippen LogP contribution is 2.24. The molecule has 2 aromatic carbocycles. The molecule has 0 aliphatic heterocycles. The molecule has 0 unspecified atom stereocenters. The van der Waals surface area contributed by atoms with Gasteiger partial charge >= 0.3 is 0 Å². The van der Waals surface area contributed by atoms with Crippen LogP contribution in [0.2, 0.25) is 10.0 Å². The van der Waals surface area contributed by atoms with Crippen molar-refractivity contribution in [1.29, 1.82) is 0 Å². The zero-order valence-corrected chi connectivity index (χ0v) is 20.8. The van der Waals surface area contributed by atoms with Crippen LogP contribution >= 0.6 is 34.5 Å². The largest absolute Gasteiger partial charge is 0.332 e. The quantitative estimate of drug-likeness (QED) is 0.331. The third-order valence-corrected chi connectivity index (χ3v) is 6.53. The van der Waals surface area contributed by atoms with Gasteiger partial charge in [-0.25, -0.2) is 4.39 Å².